The summed E-state index contributed by atoms with van der Waals surface area (Å²) in [5.41, 5.74) is 1.59. The van der Waals surface area contributed by atoms with Gasteiger partial charge in [0.2, 0.25) is 0 Å². The summed E-state index contributed by atoms with van der Waals surface area (Å²) in [6.07, 6.45) is 0. The molecule has 3 aromatic rings. The predicted molar refractivity (Wildman–Crippen MR) is 84.3 cm³/mol. The number of fused-ring (bicyclic) bond motifs is 1. The lowest BCUT2D eigenvalue weighted by atomic mass is 10.0. The fourth-order valence-corrected chi connectivity index (χ4v) is 2.41. The molecular formula is C17H16N2O2. The van der Waals surface area contributed by atoms with E-state index in [1.807, 2.05) is 12.1 Å². The third kappa shape index (κ3) is 2.29. The van der Waals surface area contributed by atoms with Gasteiger partial charge in [-0.15, -0.1) is 0 Å². The zero-order chi connectivity index (χ0) is 15.0. The van der Waals surface area contributed by atoms with E-state index < -0.39 is 5.69 Å². The normalized spacial score (nSPS) is 11.2. The van der Waals surface area contributed by atoms with Crippen LogP contribution < -0.4 is 11.2 Å². The Morgan fingerprint density at radius 1 is 0.952 bits per heavy atom. The van der Waals surface area contributed by atoms with Gasteiger partial charge in [0, 0.05) is 0 Å². The Labute approximate surface area is 121 Å². The Hall–Kier alpha value is -2.62. The maximum Gasteiger partial charge on any atom is 0.333 e. The second-order valence-corrected chi connectivity index (χ2v) is 5.36. The molecule has 0 aliphatic carbocycles. The van der Waals surface area contributed by atoms with Crippen molar-refractivity contribution in [2.24, 2.45) is 0 Å². The number of benzene rings is 2. The molecule has 0 saturated heterocycles. The van der Waals surface area contributed by atoms with E-state index in [1.165, 1.54) is 10.1 Å². The van der Waals surface area contributed by atoms with E-state index in [0.29, 0.717) is 22.5 Å². The van der Waals surface area contributed by atoms with Crippen LogP contribution in [0.4, 0.5) is 0 Å². The van der Waals surface area contributed by atoms with Crippen molar-refractivity contribution in [1.29, 1.82) is 0 Å². The molecule has 0 radical (unpaired) electrons. The molecule has 1 heterocycles. The summed E-state index contributed by atoms with van der Waals surface area (Å²) in [4.78, 5) is 27.4. The molecule has 0 aliphatic rings. The van der Waals surface area contributed by atoms with Gasteiger partial charge in [0.25, 0.3) is 5.56 Å². The van der Waals surface area contributed by atoms with Gasteiger partial charge < -0.3 is 4.98 Å². The van der Waals surface area contributed by atoms with E-state index >= 15 is 0 Å². The van der Waals surface area contributed by atoms with Gasteiger partial charge in [0.1, 0.15) is 0 Å². The molecule has 1 aromatic heterocycles. The van der Waals surface area contributed by atoms with Crippen LogP contribution in [0.15, 0.2) is 58.1 Å². The molecule has 0 bridgehead atoms. The third-order valence-corrected chi connectivity index (χ3v) is 3.62. The van der Waals surface area contributed by atoms with Crippen LogP contribution in [0.25, 0.3) is 16.6 Å². The monoisotopic (exact) mass is 280 g/mol. The molecule has 0 atom stereocenters. The maximum atomic E-state index is 12.5. The molecule has 21 heavy (non-hydrogen) atoms. The number of rotatable bonds is 2. The Bertz CT molecular complexity index is 902. The molecule has 4 heteroatoms. The molecular weight excluding hydrogens is 264 g/mol. The van der Waals surface area contributed by atoms with Crippen LogP contribution in [0.5, 0.6) is 0 Å². The van der Waals surface area contributed by atoms with Crippen molar-refractivity contribution in [1.82, 2.24) is 9.55 Å². The molecule has 0 fully saturated rings. The van der Waals surface area contributed by atoms with Crippen LogP contribution in [0.1, 0.15) is 25.3 Å². The molecule has 1 N–H and O–H groups in total. The highest BCUT2D eigenvalue weighted by Gasteiger charge is 2.09. The first-order valence-electron chi connectivity index (χ1n) is 6.92. The molecule has 0 spiro atoms. The number of nitrogens with zero attached hydrogens (tertiary/aromatic N) is 1. The standard InChI is InChI=1S/C17H16N2O2/c1-11(2)12-7-9-13(10-8-12)19-16(20)14-5-3-4-6-15(14)18-17(19)21/h3-11H,1-2H3,(H,18,21). The van der Waals surface area contributed by atoms with Crippen LogP contribution in [0.3, 0.4) is 0 Å². The van der Waals surface area contributed by atoms with Gasteiger partial charge in [0.15, 0.2) is 0 Å². The fraction of sp³-hybridized carbons (Fsp3) is 0.176. The van der Waals surface area contributed by atoms with Gasteiger partial charge in [-0.3, -0.25) is 4.79 Å². The van der Waals surface area contributed by atoms with E-state index in [2.05, 4.69) is 18.8 Å². The van der Waals surface area contributed by atoms with Gasteiger partial charge in [0.05, 0.1) is 16.6 Å². The molecule has 0 unspecified atom stereocenters. The Morgan fingerprint density at radius 2 is 1.62 bits per heavy atom. The maximum absolute atomic E-state index is 12.5. The largest absolute Gasteiger partial charge is 0.333 e. The highest BCUT2D eigenvalue weighted by atomic mass is 16.2. The van der Waals surface area contributed by atoms with Crippen molar-refractivity contribution >= 4 is 10.9 Å². The van der Waals surface area contributed by atoms with Crippen molar-refractivity contribution in [3.63, 3.8) is 0 Å². The first-order chi connectivity index (χ1) is 10.1. The zero-order valence-electron chi connectivity index (χ0n) is 12.0. The molecule has 0 amide bonds. The number of aromatic nitrogens is 2. The van der Waals surface area contributed by atoms with Crippen LogP contribution in [-0.4, -0.2) is 9.55 Å². The number of para-hydroxylation sites is 1. The van der Waals surface area contributed by atoms with E-state index in [4.69, 9.17) is 0 Å². The zero-order valence-corrected chi connectivity index (χ0v) is 12.0. The van der Waals surface area contributed by atoms with Crippen molar-refractivity contribution in [2.75, 3.05) is 0 Å². The van der Waals surface area contributed by atoms with Gasteiger partial charge in [-0.05, 0) is 35.7 Å². The number of H-pyrrole nitrogens is 1. The van der Waals surface area contributed by atoms with Gasteiger partial charge in [-0.25, -0.2) is 9.36 Å². The van der Waals surface area contributed by atoms with E-state index in [-0.39, 0.29) is 5.56 Å². The second kappa shape index (κ2) is 5.05. The summed E-state index contributed by atoms with van der Waals surface area (Å²) in [6.45, 7) is 4.20. The van der Waals surface area contributed by atoms with Crippen molar-refractivity contribution < 1.29 is 0 Å². The Balaban J connectivity index is 2.25. The lowest BCUT2D eigenvalue weighted by molar-refractivity contribution is 0.859. The summed E-state index contributed by atoms with van der Waals surface area (Å²) < 4.78 is 1.17. The molecule has 2 aromatic carbocycles. The summed E-state index contributed by atoms with van der Waals surface area (Å²) in [7, 11) is 0. The van der Waals surface area contributed by atoms with E-state index in [0.717, 1.165) is 0 Å². The van der Waals surface area contributed by atoms with Crippen LogP contribution in [0, 0.1) is 0 Å². The van der Waals surface area contributed by atoms with Crippen molar-refractivity contribution in [3.05, 3.63) is 74.9 Å². The van der Waals surface area contributed by atoms with Crippen molar-refractivity contribution in [2.45, 2.75) is 19.8 Å². The number of nitrogens with one attached hydrogen (secondary N) is 1. The minimum absolute atomic E-state index is 0.299. The van der Waals surface area contributed by atoms with Crippen LogP contribution in [0.2, 0.25) is 0 Å². The summed E-state index contributed by atoms with van der Waals surface area (Å²) in [5, 5.41) is 0.505. The summed E-state index contributed by atoms with van der Waals surface area (Å²) in [5.74, 6) is 0.408. The van der Waals surface area contributed by atoms with E-state index in [9.17, 15) is 9.59 Å². The lowest BCUT2D eigenvalue weighted by Crippen LogP contribution is -2.33. The summed E-state index contributed by atoms with van der Waals surface area (Å²) in [6, 6.07) is 14.5. The highest BCUT2D eigenvalue weighted by Crippen LogP contribution is 2.15. The number of aromatic amines is 1. The molecule has 0 aliphatic heterocycles. The predicted octanol–water partition coefficient (Wildman–Crippen LogP) is 2.80. The van der Waals surface area contributed by atoms with Gasteiger partial charge in [-0.1, -0.05) is 38.1 Å². The molecule has 3 rings (SSSR count). The molecule has 106 valence electrons. The average Bonchev–Trinajstić information content (AvgIpc) is 2.48. The topological polar surface area (TPSA) is 54.9 Å². The highest BCUT2D eigenvalue weighted by molar-refractivity contribution is 5.77. The van der Waals surface area contributed by atoms with Gasteiger partial charge >= 0.3 is 5.69 Å². The molecule has 0 saturated carbocycles. The minimum atomic E-state index is -0.420. The quantitative estimate of drug-likeness (QED) is 0.784. The number of hydrogen-bond acceptors (Lipinski definition) is 2. The second-order valence-electron chi connectivity index (χ2n) is 5.36. The Morgan fingerprint density at radius 3 is 2.29 bits per heavy atom. The molecule has 4 nitrogen and oxygen atoms in total. The van der Waals surface area contributed by atoms with Crippen molar-refractivity contribution in [3.8, 4) is 5.69 Å². The Kier molecular flexibility index (Phi) is 3.22. The lowest BCUT2D eigenvalue weighted by Gasteiger charge is -2.09. The third-order valence-electron chi connectivity index (χ3n) is 3.62. The first kappa shape index (κ1) is 13.4. The van der Waals surface area contributed by atoms with Crippen LogP contribution >= 0.6 is 0 Å². The number of hydrogen-bond donors (Lipinski definition) is 1. The summed E-state index contributed by atoms with van der Waals surface area (Å²) >= 11 is 0. The smallest absolute Gasteiger partial charge is 0.306 e. The van der Waals surface area contributed by atoms with E-state index in [1.54, 1.807) is 36.4 Å². The van der Waals surface area contributed by atoms with Crippen LogP contribution in [-0.2, 0) is 0 Å². The first-order valence-corrected chi connectivity index (χ1v) is 6.92. The average molecular weight is 280 g/mol. The SMILES string of the molecule is CC(C)c1ccc(-n2c(=O)[nH]c3ccccc3c2=O)cc1. The van der Waals surface area contributed by atoms with Gasteiger partial charge in [-0.2, -0.15) is 0 Å². The minimum Gasteiger partial charge on any atom is -0.306 e. The fourth-order valence-electron chi connectivity index (χ4n) is 2.41.